The van der Waals surface area contributed by atoms with Crippen LogP contribution >= 0.6 is 0 Å². The third-order valence-electron chi connectivity index (χ3n) is 5.13. The SMILES string of the molecule is CCCNc1nccc(-c2c(-c3ccc(F)cc3)nc3n2[C@@H](CO)C[C@H]3C)n1. The number of aliphatic hydroxyl groups excluding tert-OH is 1. The van der Waals surface area contributed by atoms with Gasteiger partial charge in [-0.1, -0.05) is 13.8 Å². The third kappa shape index (κ3) is 3.26. The van der Waals surface area contributed by atoms with Gasteiger partial charge in [-0.2, -0.15) is 0 Å². The summed E-state index contributed by atoms with van der Waals surface area (Å²) in [4.78, 5) is 13.9. The zero-order valence-electron chi connectivity index (χ0n) is 16.1. The Labute approximate surface area is 163 Å². The first-order chi connectivity index (χ1) is 13.6. The fourth-order valence-electron chi connectivity index (χ4n) is 3.81. The average Bonchev–Trinajstić information content (AvgIpc) is 3.25. The molecule has 0 aliphatic carbocycles. The van der Waals surface area contributed by atoms with Crippen LogP contribution in [0.3, 0.4) is 0 Å². The number of imidazole rings is 1. The van der Waals surface area contributed by atoms with Gasteiger partial charge >= 0.3 is 0 Å². The van der Waals surface area contributed by atoms with Crippen LogP contribution in [-0.4, -0.2) is 37.8 Å². The van der Waals surface area contributed by atoms with E-state index < -0.39 is 0 Å². The van der Waals surface area contributed by atoms with Gasteiger partial charge in [0.1, 0.15) is 11.6 Å². The van der Waals surface area contributed by atoms with Crippen molar-refractivity contribution in [1.82, 2.24) is 19.5 Å². The average molecular weight is 381 g/mol. The molecule has 1 aromatic carbocycles. The number of hydrogen-bond donors (Lipinski definition) is 2. The Hall–Kier alpha value is -2.80. The van der Waals surface area contributed by atoms with Gasteiger partial charge in [0.05, 0.1) is 29.7 Å². The first-order valence-corrected chi connectivity index (χ1v) is 9.68. The number of nitrogens with zero attached hydrogens (tertiary/aromatic N) is 4. The molecule has 146 valence electrons. The van der Waals surface area contributed by atoms with Crippen LogP contribution in [-0.2, 0) is 0 Å². The normalized spacial score (nSPS) is 18.3. The van der Waals surface area contributed by atoms with Gasteiger partial charge in [-0.25, -0.2) is 19.3 Å². The van der Waals surface area contributed by atoms with Gasteiger partial charge in [0.25, 0.3) is 0 Å². The summed E-state index contributed by atoms with van der Waals surface area (Å²) in [5.74, 6) is 1.43. The zero-order valence-corrected chi connectivity index (χ0v) is 16.1. The van der Waals surface area contributed by atoms with Crippen LogP contribution in [0, 0.1) is 5.82 Å². The predicted molar refractivity (Wildman–Crippen MR) is 107 cm³/mol. The molecule has 28 heavy (non-hydrogen) atoms. The van der Waals surface area contributed by atoms with E-state index in [1.165, 1.54) is 12.1 Å². The highest BCUT2D eigenvalue weighted by Gasteiger charge is 2.34. The van der Waals surface area contributed by atoms with Gasteiger partial charge in [-0.15, -0.1) is 0 Å². The van der Waals surface area contributed by atoms with E-state index in [9.17, 15) is 9.50 Å². The summed E-state index contributed by atoms with van der Waals surface area (Å²) in [6.45, 7) is 5.02. The standard InChI is InChI=1S/C21H24FN5O/c1-3-9-23-21-24-10-8-17(25-21)19-18(14-4-6-15(22)7-5-14)26-20-13(2)11-16(12-28)27(19)20/h4-8,10,13,16,28H,3,9,11-12H2,1-2H3,(H,23,24,25)/t13-,16-/m1/s1. The molecule has 0 spiro atoms. The lowest BCUT2D eigenvalue weighted by molar-refractivity contribution is 0.232. The molecule has 1 aliphatic heterocycles. The molecule has 7 heteroatoms. The van der Waals surface area contributed by atoms with Crippen molar-refractivity contribution in [2.24, 2.45) is 0 Å². The minimum Gasteiger partial charge on any atom is -0.394 e. The Morgan fingerprint density at radius 3 is 2.71 bits per heavy atom. The Balaban J connectivity index is 1.89. The topological polar surface area (TPSA) is 75.9 Å². The maximum atomic E-state index is 13.5. The van der Waals surface area contributed by atoms with Crippen LogP contribution in [0.4, 0.5) is 10.3 Å². The molecule has 3 heterocycles. The number of halogens is 1. The highest BCUT2D eigenvalue weighted by Crippen LogP contribution is 2.43. The van der Waals surface area contributed by atoms with Crippen molar-refractivity contribution in [2.45, 2.75) is 38.6 Å². The van der Waals surface area contributed by atoms with Gasteiger partial charge in [-0.3, -0.25) is 0 Å². The Kier molecular flexibility index (Phi) is 5.09. The van der Waals surface area contributed by atoms with Gasteiger partial charge in [0.15, 0.2) is 0 Å². The van der Waals surface area contributed by atoms with Gasteiger partial charge < -0.3 is 15.0 Å². The second-order valence-electron chi connectivity index (χ2n) is 7.21. The van der Waals surface area contributed by atoms with Crippen LogP contribution in [0.2, 0.25) is 0 Å². The number of nitrogens with one attached hydrogen (secondary N) is 1. The summed E-state index contributed by atoms with van der Waals surface area (Å²) in [5, 5.41) is 13.2. The quantitative estimate of drug-likeness (QED) is 0.675. The lowest BCUT2D eigenvalue weighted by atomic mass is 10.0. The van der Waals surface area contributed by atoms with E-state index in [2.05, 4.69) is 33.7 Å². The molecule has 1 aliphatic rings. The predicted octanol–water partition coefficient (Wildman–Crippen LogP) is 4.01. The minimum atomic E-state index is -0.285. The number of anilines is 1. The summed E-state index contributed by atoms with van der Waals surface area (Å²) in [5.41, 5.74) is 3.15. The molecule has 2 atom stereocenters. The Bertz CT molecular complexity index is 969. The lowest BCUT2D eigenvalue weighted by Gasteiger charge is -2.15. The highest BCUT2D eigenvalue weighted by molar-refractivity contribution is 5.78. The van der Waals surface area contributed by atoms with E-state index in [0.29, 0.717) is 5.95 Å². The van der Waals surface area contributed by atoms with Crippen LogP contribution < -0.4 is 5.32 Å². The van der Waals surface area contributed by atoms with E-state index in [4.69, 9.17) is 4.98 Å². The smallest absolute Gasteiger partial charge is 0.223 e. The van der Waals surface area contributed by atoms with Gasteiger partial charge in [0.2, 0.25) is 5.95 Å². The molecular weight excluding hydrogens is 357 g/mol. The van der Waals surface area contributed by atoms with Crippen molar-refractivity contribution in [3.05, 3.63) is 48.2 Å². The number of rotatable bonds is 6. The summed E-state index contributed by atoms with van der Waals surface area (Å²) < 4.78 is 15.5. The minimum absolute atomic E-state index is 0.0373. The fourth-order valence-corrected chi connectivity index (χ4v) is 3.81. The highest BCUT2D eigenvalue weighted by atomic mass is 19.1. The molecular formula is C21H24FN5O. The number of benzene rings is 1. The van der Waals surface area contributed by atoms with E-state index in [1.807, 2.05) is 6.07 Å². The summed E-state index contributed by atoms with van der Waals surface area (Å²) in [6.07, 6.45) is 3.53. The van der Waals surface area contributed by atoms with E-state index >= 15 is 0 Å². The molecule has 2 aromatic heterocycles. The summed E-state index contributed by atoms with van der Waals surface area (Å²) in [6, 6.07) is 8.13. The number of aliphatic hydroxyl groups is 1. The van der Waals surface area contributed by atoms with Crippen molar-refractivity contribution in [2.75, 3.05) is 18.5 Å². The maximum absolute atomic E-state index is 13.5. The molecule has 3 aromatic rings. The second kappa shape index (κ2) is 7.67. The van der Waals surface area contributed by atoms with Crippen molar-refractivity contribution in [1.29, 1.82) is 0 Å². The van der Waals surface area contributed by atoms with Crippen molar-refractivity contribution in [3.63, 3.8) is 0 Å². The lowest BCUT2D eigenvalue weighted by Crippen LogP contribution is -2.11. The zero-order chi connectivity index (χ0) is 19.7. The molecule has 0 saturated carbocycles. The van der Waals surface area contributed by atoms with Crippen molar-refractivity contribution < 1.29 is 9.50 Å². The van der Waals surface area contributed by atoms with E-state index in [-0.39, 0.29) is 24.4 Å². The first kappa shape index (κ1) is 18.6. The second-order valence-corrected chi connectivity index (χ2v) is 7.21. The third-order valence-corrected chi connectivity index (χ3v) is 5.13. The Morgan fingerprint density at radius 2 is 2.00 bits per heavy atom. The largest absolute Gasteiger partial charge is 0.394 e. The molecule has 0 amide bonds. The molecule has 4 rings (SSSR count). The molecule has 0 unspecified atom stereocenters. The van der Waals surface area contributed by atoms with Crippen molar-refractivity contribution in [3.8, 4) is 22.6 Å². The molecule has 0 radical (unpaired) electrons. The van der Waals surface area contributed by atoms with Crippen LogP contribution in [0.1, 0.15) is 44.5 Å². The van der Waals surface area contributed by atoms with Crippen molar-refractivity contribution >= 4 is 5.95 Å². The van der Waals surface area contributed by atoms with Gasteiger partial charge in [-0.05, 0) is 43.2 Å². The van der Waals surface area contributed by atoms with E-state index in [1.54, 1.807) is 18.3 Å². The van der Waals surface area contributed by atoms with E-state index in [0.717, 1.165) is 47.9 Å². The summed E-state index contributed by atoms with van der Waals surface area (Å²) >= 11 is 0. The van der Waals surface area contributed by atoms with Crippen LogP contribution in [0.25, 0.3) is 22.6 Å². The fraction of sp³-hybridized carbons (Fsp3) is 0.381. The monoisotopic (exact) mass is 381 g/mol. The number of hydrogen-bond acceptors (Lipinski definition) is 5. The molecule has 6 nitrogen and oxygen atoms in total. The summed E-state index contributed by atoms with van der Waals surface area (Å²) in [7, 11) is 0. The van der Waals surface area contributed by atoms with Gasteiger partial charge in [0, 0.05) is 24.2 Å². The first-order valence-electron chi connectivity index (χ1n) is 9.68. The molecule has 2 N–H and O–H groups in total. The molecule has 0 bridgehead atoms. The number of fused-ring (bicyclic) bond motifs is 1. The molecule has 0 saturated heterocycles. The Morgan fingerprint density at radius 1 is 1.21 bits per heavy atom. The number of aromatic nitrogens is 4. The van der Waals surface area contributed by atoms with Crippen LogP contribution in [0.5, 0.6) is 0 Å². The maximum Gasteiger partial charge on any atom is 0.223 e. The molecule has 0 fully saturated rings. The van der Waals surface area contributed by atoms with Crippen LogP contribution in [0.15, 0.2) is 36.5 Å².